The van der Waals surface area contributed by atoms with Crippen molar-refractivity contribution in [3.8, 4) is 0 Å². The highest BCUT2D eigenvalue weighted by Gasteiger charge is 2.22. The zero-order chi connectivity index (χ0) is 34.3. The third-order valence-electron chi connectivity index (χ3n) is 7.47. The first kappa shape index (κ1) is 44.0. The van der Waals surface area contributed by atoms with E-state index in [4.69, 9.17) is 19.3 Å². The standard InChI is InChI=1S/C36H63O9P/c1-4-6-7-8-16-21-26-33(37)27-22-17-11-9-10-12-19-24-29-36(39)45-34(31-44-46(40,41)42)30-43-35(38)28-23-18-14-13-15-20-25-32(3)5-2/h10-12,16-17,21-22,27,32-34,37H,4-9,13-15,18-20,23-26,28-31H2,1-3H3,(H2,40,41,42)/b12-10-,17-11-,21-16-,27-22+/t32?,33-,34+/m0/s1. The third-order valence-corrected chi connectivity index (χ3v) is 7.96. The maximum atomic E-state index is 12.3. The molecule has 0 saturated heterocycles. The minimum Gasteiger partial charge on any atom is -0.462 e. The van der Waals surface area contributed by atoms with Crippen LogP contribution in [0.3, 0.4) is 0 Å². The number of esters is 2. The number of carbonyl (C=O) groups is 2. The monoisotopic (exact) mass is 670 g/mol. The molecule has 0 aromatic heterocycles. The van der Waals surface area contributed by atoms with E-state index in [-0.39, 0.29) is 19.4 Å². The van der Waals surface area contributed by atoms with Crippen LogP contribution in [0.25, 0.3) is 0 Å². The molecule has 9 nitrogen and oxygen atoms in total. The number of aliphatic hydroxyl groups excluding tert-OH is 1. The fourth-order valence-electron chi connectivity index (χ4n) is 4.42. The lowest BCUT2D eigenvalue weighted by atomic mass is 10.00. The molecule has 0 saturated carbocycles. The molecule has 0 fully saturated rings. The summed E-state index contributed by atoms with van der Waals surface area (Å²) in [6.45, 7) is 5.77. The van der Waals surface area contributed by atoms with E-state index in [0.717, 1.165) is 31.6 Å². The van der Waals surface area contributed by atoms with Gasteiger partial charge in [-0.2, -0.15) is 0 Å². The number of phosphoric ester groups is 1. The van der Waals surface area contributed by atoms with Crippen LogP contribution in [0.4, 0.5) is 0 Å². The quantitative estimate of drug-likeness (QED) is 0.0225. The third kappa shape index (κ3) is 31.9. The first-order chi connectivity index (χ1) is 22.1. The van der Waals surface area contributed by atoms with Crippen LogP contribution >= 0.6 is 7.82 Å². The smallest absolute Gasteiger partial charge is 0.462 e. The second-order valence-corrected chi connectivity index (χ2v) is 13.2. The van der Waals surface area contributed by atoms with Crippen molar-refractivity contribution in [3.63, 3.8) is 0 Å². The number of allylic oxidation sites excluding steroid dienone is 6. The fourth-order valence-corrected chi connectivity index (χ4v) is 4.78. The molecular formula is C36H63O9P. The van der Waals surface area contributed by atoms with E-state index in [1.54, 1.807) is 6.08 Å². The fraction of sp³-hybridized carbons (Fsp3) is 0.722. The molecule has 0 aromatic rings. The number of rotatable bonds is 30. The molecule has 0 heterocycles. The van der Waals surface area contributed by atoms with Gasteiger partial charge in [0.05, 0.1) is 12.7 Å². The van der Waals surface area contributed by atoms with E-state index < -0.39 is 38.6 Å². The van der Waals surface area contributed by atoms with Crippen LogP contribution in [0, 0.1) is 5.92 Å². The first-order valence-corrected chi connectivity index (χ1v) is 19.0. The number of hydrogen-bond donors (Lipinski definition) is 3. The lowest BCUT2D eigenvalue weighted by Crippen LogP contribution is -2.29. The van der Waals surface area contributed by atoms with Gasteiger partial charge in [0.15, 0.2) is 6.10 Å². The Morgan fingerprint density at radius 3 is 2.15 bits per heavy atom. The summed E-state index contributed by atoms with van der Waals surface area (Å²) in [5, 5.41) is 9.97. The van der Waals surface area contributed by atoms with Crippen molar-refractivity contribution < 1.29 is 43.0 Å². The van der Waals surface area contributed by atoms with Crippen molar-refractivity contribution in [2.75, 3.05) is 13.2 Å². The number of ether oxygens (including phenoxy) is 2. The molecule has 0 aliphatic rings. The van der Waals surface area contributed by atoms with Crippen molar-refractivity contribution in [3.05, 3.63) is 48.6 Å². The lowest BCUT2D eigenvalue weighted by Gasteiger charge is -2.18. The Labute approximate surface area is 278 Å². The van der Waals surface area contributed by atoms with E-state index in [2.05, 4.69) is 31.4 Å². The van der Waals surface area contributed by atoms with Crippen LogP contribution in [0.1, 0.15) is 136 Å². The molecule has 0 rings (SSSR count). The molecule has 3 N–H and O–H groups in total. The van der Waals surface area contributed by atoms with Gasteiger partial charge in [-0.15, -0.1) is 0 Å². The van der Waals surface area contributed by atoms with Gasteiger partial charge < -0.3 is 24.4 Å². The summed E-state index contributed by atoms with van der Waals surface area (Å²) in [6.07, 6.45) is 30.3. The highest BCUT2D eigenvalue weighted by atomic mass is 31.2. The Balaban J connectivity index is 4.22. The Bertz CT molecular complexity index is 922. The van der Waals surface area contributed by atoms with Crippen LogP contribution < -0.4 is 0 Å². The molecule has 3 atom stereocenters. The van der Waals surface area contributed by atoms with Gasteiger partial charge in [0.25, 0.3) is 0 Å². The number of hydrogen-bond acceptors (Lipinski definition) is 7. The van der Waals surface area contributed by atoms with E-state index in [1.807, 2.05) is 36.5 Å². The molecule has 0 amide bonds. The molecule has 0 bridgehead atoms. The molecule has 1 unspecified atom stereocenters. The van der Waals surface area contributed by atoms with Gasteiger partial charge in [0, 0.05) is 12.8 Å². The van der Waals surface area contributed by atoms with Crippen LogP contribution in [-0.2, 0) is 28.2 Å². The number of phosphoric acid groups is 1. The van der Waals surface area contributed by atoms with Gasteiger partial charge in [0.2, 0.25) is 0 Å². The zero-order valence-corrected chi connectivity index (χ0v) is 29.6. The largest absolute Gasteiger partial charge is 0.469 e. The van der Waals surface area contributed by atoms with Crippen LogP contribution in [-0.4, -0.2) is 52.3 Å². The van der Waals surface area contributed by atoms with Gasteiger partial charge in [-0.25, -0.2) is 4.57 Å². The topological polar surface area (TPSA) is 140 Å². The maximum Gasteiger partial charge on any atom is 0.469 e. The summed E-state index contributed by atoms with van der Waals surface area (Å²) in [4.78, 5) is 42.5. The SMILES string of the molecule is CCCCC/C=C\C[C@H](O)/C=C/C=C\C/C=C\CCCC(=O)O[C@H](COC(=O)CCCCCCCCC(C)CC)COP(=O)(O)O. The van der Waals surface area contributed by atoms with Crippen LogP contribution in [0.15, 0.2) is 48.6 Å². The maximum absolute atomic E-state index is 12.3. The van der Waals surface area contributed by atoms with E-state index in [1.165, 1.54) is 44.9 Å². The zero-order valence-electron chi connectivity index (χ0n) is 28.7. The van der Waals surface area contributed by atoms with Crippen molar-refractivity contribution in [1.82, 2.24) is 0 Å². The highest BCUT2D eigenvalue weighted by molar-refractivity contribution is 7.46. The molecule has 10 heteroatoms. The predicted molar refractivity (Wildman–Crippen MR) is 185 cm³/mol. The van der Waals surface area contributed by atoms with Gasteiger partial charge in [-0.1, -0.05) is 127 Å². The summed E-state index contributed by atoms with van der Waals surface area (Å²) in [7, 11) is -4.78. The second-order valence-electron chi connectivity index (χ2n) is 11.9. The molecule has 0 aliphatic heterocycles. The van der Waals surface area contributed by atoms with Crippen molar-refractivity contribution in [1.29, 1.82) is 0 Å². The molecule has 0 aromatic carbocycles. The lowest BCUT2D eigenvalue weighted by molar-refractivity contribution is -0.161. The number of carbonyl (C=O) groups excluding carboxylic acids is 2. The molecule has 46 heavy (non-hydrogen) atoms. The van der Waals surface area contributed by atoms with Gasteiger partial charge >= 0.3 is 19.8 Å². The Hall–Kier alpha value is -2.03. The van der Waals surface area contributed by atoms with Gasteiger partial charge in [-0.05, 0) is 50.9 Å². The van der Waals surface area contributed by atoms with Crippen LogP contribution in [0.2, 0.25) is 0 Å². The Morgan fingerprint density at radius 2 is 1.43 bits per heavy atom. The molecular weight excluding hydrogens is 607 g/mol. The Morgan fingerprint density at radius 1 is 0.761 bits per heavy atom. The minimum absolute atomic E-state index is 0.103. The normalized spacial score (nSPS) is 14.5. The van der Waals surface area contributed by atoms with Crippen LogP contribution in [0.5, 0.6) is 0 Å². The average molecular weight is 671 g/mol. The minimum atomic E-state index is -4.78. The molecule has 266 valence electrons. The summed E-state index contributed by atoms with van der Waals surface area (Å²) in [5.41, 5.74) is 0. The van der Waals surface area contributed by atoms with E-state index >= 15 is 0 Å². The van der Waals surface area contributed by atoms with E-state index in [0.29, 0.717) is 32.1 Å². The van der Waals surface area contributed by atoms with Gasteiger partial charge in [0.1, 0.15) is 6.61 Å². The molecule has 0 radical (unpaired) electrons. The van der Waals surface area contributed by atoms with Gasteiger partial charge in [-0.3, -0.25) is 14.1 Å². The predicted octanol–water partition coefficient (Wildman–Crippen LogP) is 8.83. The van der Waals surface area contributed by atoms with Crippen molar-refractivity contribution in [2.24, 2.45) is 5.92 Å². The van der Waals surface area contributed by atoms with Crippen molar-refractivity contribution in [2.45, 2.75) is 149 Å². The molecule has 0 spiro atoms. The first-order valence-electron chi connectivity index (χ1n) is 17.4. The average Bonchev–Trinajstić information content (AvgIpc) is 3.01. The summed E-state index contributed by atoms with van der Waals surface area (Å²) >= 11 is 0. The summed E-state index contributed by atoms with van der Waals surface area (Å²) in [6, 6.07) is 0. The highest BCUT2D eigenvalue weighted by Crippen LogP contribution is 2.35. The van der Waals surface area contributed by atoms with E-state index in [9.17, 15) is 19.3 Å². The number of unbranched alkanes of at least 4 members (excludes halogenated alkanes) is 9. The molecule has 0 aliphatic carbocycles. The Kier molecular flexibility index (Phi) is 29.0. The van der Waals surface area contributed by atoms with Crippen molar-refractivity contribution >= 4 is 19.8 Å². The second kappa shape index (κ2) is 30.3. The number of aliphatic hydroxyl groups is 1. The summed E-state index contributed by atoms with van der Waals surface area (Å²) < 4.78 is 26.1. The summed E-state index contributed by atoms with van der Waals surface area (Å²) in [5.74, 6) is -0.222.